The highest BCUT2D eigenvalue weighted by atomic mass is 16.5. The van der Waals surface area contributed by atoms with Crippen molar-refractivity contribution in [2.45, 2.75) is 25.3 Å². The number of carbonyl (C=O) groups is 1. The number of rotatable bonds is 3. The molecule has 0 amide bonds. The molecular weight excluding hydrogens is 314 g/mol. The lowest BCUT2D eigenvalue weighted by Gasteiger charge is -2.38. The molecule has 1 aliphatic heterocycles. The van der Waals surface area contributed by atoms with Crippen LogP contribution in [0.15, 0.2) is 48.6 Å². The number of ether oxygens (including phenoxy) is 1. The van der Waals surface area contributed by atoms with Gasteiger partial charge < -0.3 is 15.2 Å². The Morgan fingerprint density at radius 3 is 2.88 bits per heavy atom. The van der Waals surface area contributed by atoms with E-state index in [2.05, 4.69) is 29.6 Å². The van der Waals surface area contributed by atoms with Crippen molar-refractivity contribution in [1.29, 1.82) is 0 Å². The highest BCUT2D eigenvalue weighted by molar-refractivity contribution is 5.92. The molecule has 2 aromatic rings. The SMILES string of the molecule is COc1cccc([C@@H]2Nc3c(ccc(C(=O)O)c3C)[C@@H]3C=CC[C@H]32)c1. The normalized spacial score (nSPS) is 23.5. The second kappa shape index (κ2) is 5.96. The van der Waals surface area contributed by atoms with Crippen LogP contribution in [0.5, 0.6) is 5.75 Å². The first-order chi connectivity index (χ1) is 12.1. The lowest BCUT2D eigenvalue weighted by Crippen LogP contribution is -2.30. The first-order valence-electron chi connectivity index (χ1n) is 8.54. The van der Waals surface area contributed by atoms with Crippen LogP contribution in [0.4, 0.5) is 5.69 Å². The predicted molar refractivity (Wildman–Crippen MR) is 97.5 cm³/mol. The first kappa shape index (κ1) is 15.8. The predicted octanol–water partition coefficient (Wildman–Crippen LogP) is 4.53. The number of carboxylic acid groups (broad SMARTS) is 1. The molecule has 0 saturated carbocycles. The topological polar surface area (TPSA) is 58.6 Å². The lowest BCUT2D eigenvalue weighted by atomic mass is 9.76. The molecule has 3 atom stereocenters. The summed E-state index contributed by atoms with van der Waals surface area (Å²) in [6.07, 6.45) is 5.51. The van der Waals surface area contributed by atoms with Gasteiger partial charge in [0.15, 0.2) is 0 Å². The fourth-order valence-electron chi connectivity index (χ4n) is 4.21. The van der Waals surface area contributed by atoms with E-state index in [0.29, 0.717) is 17.4 Å². The quantitative estimate of drug-likeness (QED) is 0.809. The van der Waals surface area contributed by atoms with Gasteiger partial charge in [-0.2, -0.15) is 0 Å². The molecule has 4 rings (SSSR count). The van der Waals surface area contributed by atoms with Crippen LogP contribution in [0.3, 0.4) is 0 Å². The van der Waals surface area contributed by atoms with Gasteiger partial charge in [0.05, 0.1) is 18.7 Å². The Balaban J connectivity index is 1.83. The highest BCUT2D eigenvalue weighted by Crippen LogP contribution is 2.51. The number of hydrogen-bond acceptors (Lipinski definition) is 3. The summed E-state index contributed by atoms with van der Waals surface area (Å²) in [5.41, 5.74) is 4.48. The molecule has 0 fully saturated rings. The monoisotopic (exact) mass is 335 g/mol. The van der Waals surface area contributed by atoms with Crippen molar-refractivity contribution in [2.75, 3.05) is 12.4 Å². The lowest BCUT2D eigenvalue weighted by molar-refractivity contribution is 0.0696. The summed E-state index contributed by atoms with van der Waals surface area (Å²) in [5, 5.41) is 13.1. The molecule has 0 bridgehead atoms. The Hall–Kier alpha value is -2.75. The average Bonchev–Trinajstić information content (AvgIpc) is 3.11. The van der Waals surface area contributed by atoms with Crippen LogP contribution in [0.25, 0.3) is 0 Å². The summed E-state index contributed by atoms with van der Waals surface area (Å²) in [5.74, 6) is 0.691. The summed E-state index contributed by atoms with van der Waals surface area (Å²) < 4.78 is 5.38. The smallest absolute Gasteiger partial charge is 0.336 e. The number of carboxylic acids is 1. The molecule has 0 aromatic heterocycles. The molecule has 4 nitrogen and oxygen atoms in total. The number of fused-ring (bicyclic) bond motifs is 3. The van der Waals surface area contributed by atoms with E-state index in [0.717, 1.165) is 23.4 Å². The fraction of sp³-hybridized carbons (Fsp3) is 0.286. The van der Waals surface area contributed by atoms with Crippen molar-refractivity contribution in [3.63, 3.8) is 0 Å². The molecule has 0 saturated heterocycles. The molecule has 0 radical (unpaired) electrons. The zero-order valence-electron chi connectivity index (χ0n) is 14.3. The van der Waals surface area contributed by atoms with Crippen molar-refractivity contribution in [3.05, 3.63) is 70.8 Å². The Bertz CT molecular complexity index is 871. The van der Waals surface area contributed by atoms with Crippen molar-refractivity contribution < 1.29 is 14.6 Å². The Labute approximate surface area is 147 Å². The van der Waals surface area contributed by atoms with E-state index in [-0.39, 0.29) is 6.04 Å². The number of nitrogens with one attached hydrogen (secondary N) is 1. The highest BCUT2D eigenvalue weighted by Gasteiger charge is 2.39. The van der Waals surface area contributed by atoms with Crippen LogP contribution in [-0.2, 0) is 0 Å². The van der Waals surface area contributed by atoms with Crippen LogP contribution in [0.2, 0.25) is 0 Å². The van der Waals surface area contributed by atoms with Crippen molar-refractivity contribution in [1.82, 2.24) is 0 Å². The number of methoxy groups -OCH3 is 1. The van der Waals surface area contributed by atoms with Gasteiger partial charge in [0.1, 0.15) is 5.75 Å². The molecular formula is C21H21NO3. The number of anilines is 1. The third-order valence-corrected chi connectivity index (χ3v) is 5.48. The van der Waals surface area contributed by atoms with E-state index in [1.165, 1.54) is 11.1 Å². The second-order valence-corrected chi connectivity index (χ2v) is 6.76. The Kier molecular flexibility index (Phi) is 3.75. The van der Waals surface area contributed by atoms with E-state index in [9.17, 15) is 9.90 Å². The molecule has 2 aliphatic rings. The third-order valence-electron chi connectivity index (χ3n) is 5.48. The van der Waals surface area contributed by atoms with Crippen molar-refractivity contribution >= 4 is 11.7 Å². The minimum atomic E-state index is -0.885. The third kappa shape index (κ3) is 2.49. The maximum Gasteiger partial charge on any atom is 0.336 e. The largest absolute Gasteiger partial charge is 0.497 e. The number of aromatic carboxylic acids is 1. The zero-order valence-corrected chi connectivity index (χ0v) is 14.3. The van der Waals surface area contributed by atoms with E-state index in [1.54, 1.807) is 13.2 Å². The molecule has 0 spiro atoms. The van der Waals surface area contributed by atoms with Gasteiger partial charge in [-0.15, -0.1) is 0 Å². The molecule has 0 unspecified atom stereocenters. The van der Waals surface area contributed by atoms with Crippen LogP contribution >= 0.6 is 0 Å². The number of benzene rings is 2. The Morgan fingerprint density at radius 2 is 2.12 bits per heavy atom. The first-order valence-corrected chi connectivity index (χ1v) is 8.54. The van der Waals surface area contributed by atoms with Gasteiger partial charge in [-0.1, -0.05) is 30.4 Å². The van der Waals surface area contributed by atoms with E-state index in [4.69, 9.17) is 4.74 Å². The van der Waals surface area contributed by atoms with Crippen molar-refractivity contribution in [2.24, 2.45) is 5.92 Å². The fourth-order valence-corrected chi connectivity index (χ4v) is 4.21. The van der Waals surface area contributed by atoms with Gasteiger partial charge >= 0.3 is 5.97 Å². The molecule has 1 heterocycles. The van der Waals surface area contributed by atoms with Crippen molar-refractivity contribution in [3.8, 4) is 5.75 Å². The van der Waals surface area contributed by atoms with Gasteiger partial charge in [0, 0.05) is 11.6 Å². The standard InChI is InChI=1S/C21H21NO3/c1-12-15(21(23)24)9-10-18-16-7-4-8-17(16)20(22-19(12)18)13-5-3-6-14(11-13)25-2/h3-7,9-11,16-17,20,22H,8H2,1-2H3,(H,23,24)/t16-,17-,20+/m1/s1. The average molecular weight is 335 g/mol. The molecule has 4 heteroatoms. The van der Waals surface area contributed by atoms with Gasteiger partial charge in [0.2, 0.25) is 0 Å². The van der Waals surface area contributed by atoms with E-state index in [1.807, 2.05) is 25.1 Å². The number of hydrogen-bond donors (Lipinski definition) is 2. The maximum absolute atomic E-state index is 11.5. The van der Waals surface area contributed by atoms with Crippen LogP contribution in [-0.4, -0.2) is 18.2 Å². The molecule has 1 aliphatic carbocycles. The zero-order chi connectivity index (χ0) is 17.6. The summed E-state index contributed by atoms with van der Waals surface area (Å²) in [7, 11) is 1.67. The summed E-state index contributed by atoms with van der Waals surface area (Å²) >= 11 is 0. The Morgan fingerprint density at radius 1 is 1.28 bits per heavy atom. The summed E-state index contributed by atoms with van der Waals surface area (Å²) in [4.78, 5) is 11.5. The van der Waals surface area contributed by atoms with Gasteiger partial charge in [-0.05, 0) is 54.2 Å². The minimum Gasteiger partial charge on any atom is -0.497 e. The maximum atomic E-state index is 11.5. The van der Waals surface area contributed by atoms with Crippen LogP contribution < -0.4 is 10.1 Å². The van der Waals surface area contributed by atoms with Gasteiger partial charge in [-0.25, -0.2) is 4.79 Å². The summed E-state index contributed by atoms with van der Waals surface area (Å²) in [6.45, 7) is 1.89. The molecule has 128 valence electrons. The second-order valence-electron chi connectivity index (χ2n) is 6.76. The van der Waals surface area contributed by atoms with Gasteiger partial charge in [0.25, 0.3) is 0 Å². The molecule has 25 heavy (non-hydrogen) atoms. The summed E-state index contributed by atoms with van der Waals surface area (Å²) in [6, 6.07) is 11.9. The number of allylic oxidation sites excluding steroid dienone is 2. The minimum absolute atomic E-state index is 0.130. The molecule has 2 aromatic carbocycles. The van der Waals surface area contributed by atoms with E-state index >= 15 is 0 Å². The van der Waals surface area contributed by atoms with E-state index < -0.39 is 5.97 Å². The molecule has 2 N–H and O–H groups in total. The van der Waals surface area contributed by atoms with Crippen LogP contribution in [0, 0.1) is 12.8 Å². The van der Waals surface area contributed by atoms with Crippen LogP contribution in [0.1, 0.15) is 45.4 Å². The van der Waals surface area contributed by atoms with Gasteiger partial charge in [-0.3, -0.25) is 0 Å².